The van der Waals surface area contributed by atoms with Gasteiger partial charge >= 0.3 is 6.03 Å². The van der Waals surface area contributed by atoms with Gasteiger partial charge in [-0.3, -0.25) is 4.79 Å². The Morgan fingerprint density at radius 3 is 2.53 bits per heavy atom. The zero-order valence-corrected chi connectivity index (χ0v) is 24.9. The molecule has 4 aromatic rings. The minimum Gasteiger partial charge on any atom is -0.486 e. The summed E-state index contributed by atoms with van der Waals surface area (Å²) < 4.78 is 41.2. The fourth-order valence-electron chi connectivity index (χ4n) is 5.11. The first kappa shape index (κ1) is 29.8. The van der Waals surface area contributed by atoms with Crippen molar-refractivity contribution in [3.05, 3.63) is 82.9 Å². The van der Waals surface area contributed by atoms with E-state index in [1.165, 1.54) is 6.07 Å². The Kier molecular flexibility index (Phi) is 8.18. The summed E-state index contributed by atoms with van der Waals surface area (Å²) in [4.78, 5) is 38.7. The van der Waals surface area contributed by atoms with Gasteiger partial charge in [0.1, 0.15) is 30.5 Å². The molecule has 1 aromatic heterocycles. The van der Waals surface area contributed by atoms with Crippen molar-refractivity contribution >= 4 is 35.1 Å². The van der Waals surface area contributed by atoms with E-state index >= 15 is 8.78 Å². The van der Waals surface area contributed by atoms with Crippen molar-refractivity contribution in [2.24, 2.45) is 0 Å². The number of para-hydroxylation sites is 1. The van der Waals surface area contributed by atoms with E-state index in [9.17, 15) is 9.59 Å². The number of carbonyl (C=O) groups is 2. The highest BCUT2D eigenvalue weighted by Crippen LogP contribution is 2.39. The van der Waals surface area contributed by atoms with Gasteiger partial charge in [0, 0.05) is 41.5 Å². The fraction of sp³-hybridized carbons (Fsp3) is 0.250. The van der Waals surface area contributed by atoms with Gasteiger partial charge in [0.2, 0.25) is 5.95 Å². The Bertz CT molecular complexity index is 1780. The molecule has 232 valence electrons. The quantitative estimate of drug-likeness (QED) is 0.251. The highest BCUT2D eigenvalue weighted by atomic mass is 19.1. The maximum absolute atomic E-state index is 15.0. The van der Waals surface area contributed by atoms with E-state index in [4.69, 9.17) is 14.5 Å². The lowest BCUT2D eigenvalue weighted by Crippen LogP contribution is -2.43. The number of urea groups is 1. The molecular formula is C32H31F2N7O4. The molecule has 3 N–H and O–H groups in total. The van der Waals surface area contributed by atoms with E-state index in [-0.39, 0.29) is 24.2 Å². The second-order valence-corrected chi connectivity index (χ2v) is 10.8. The van der Waals surface area contributed by atoms with Crippen LogP contribution in [0.25, 0.3) is 11.3 Å². The number of rotatable bonds is 8. The van der Waals surface area contributed by atoms with Gasteiger partial charge in [0.05, 0.1) is 12.2 Å². The molecular weight excluding hydrogens is 584 g/mol. The van der Waals surface area contributed by atoms with Crippen LogP contribution in [0.15, 0.2) is 54.6 Å². The molecule has 0 unspecified atom stereocenters. The third kappa shape index (κ3) is 6.07. The van der Waals surface area contributed by atoms with Gasteiger partial charge < -0.3 is 30.3 Å². The van der Waals surface area contributed by atoms with Gasteiger partial charge in [-0.15, -0.1) is 0 Å². The Hall–Kier alpha value is -5.30. The Morgan fingerprint density at radius 2 is 1.78 bits per heavy atom. The van der Waals surface area contributed by atoms with Crippen molar-refractivity contribution in [2.45, 2.75) is 13.5 Å². The van der Waals surface area contributed by atoms with Crippen LogP contribution in [0.2, 0.25) is 0 Å². The first-order valence-electron chi connectivity index (χ1n) is 14.3. The molecule has 0 aliphatic carbocycles. The van der Waals surface area contributed by atoms with Gasteiger partial charge in [-0.05, 0) is 63.0 Å². The monoisotopic (exact) mass is 615 g/mol. The van der Waals surface area contributed by atoms with Crippen molar-refractivity contribution in [3.63, 3.8) is 0 Å². The summed E-state index contributed by atoms with van der Waals surface area (Å²) in [6.07, 6.45) is 0. The zero-order chi connectivity index (χ0) is 31.7. The van der Waals surface area contributed by atoms with Crippen LogP contribution in [0.3, 0.4) is 0 Å². The fourth-order valence-corrected chi connectivity index (χ4v) is 5.11. The summed E-state index contributed by atoms with van der Waals surface area (Å²) >= 11 is 0. The molecule has 0 saturated carbocycles. The van der Waals surface area contributed by atoms with E-state index in [2.05, 4.69) is 20.9 Å². The van der Waals surface area contributed by atoms with Crippen LogP contribution in [0, 0.1) is 18.6 Å². The number of nitrogens with zero attached hydrogens (tertiary/aromatic N) is 4. The van der Waals surface area contributed by atoms with Crippen molar-refractivity contribution in [2.75, 3.05) is 55.9 Å². The average molecular weight is 616 g/mol. The Morgan fingerprint density at radius 1 is 1.02 bits per heavy atom. The number of hydrogen-bond acceptors (Lipinski definition) is 8. The number of anilines is 4. The Labute approximate surface area is 258 Å². The lowest BCUT2D eigenvalue weighted by Gasteiger charge is -2.31. The number of fused-ring (bicyclic) bond motifs is 2. The second-order valence-electron chi connectivity index (χ2n) is 10.8. The topological polar surface area (TPSA) is 121 Å². The number of ether oxygens (including phenoxy) is 2. The molecule has 2 aliphatic rings. The lowest BCUT2D eigenvalue weighted by molar-refractivity contribution is 0.102. The van der Waals surface area contributed by atoms with E-state index in [1.807, 2.05) is 25.9 Å². The number of halogens is 2. The van der Waals surface area contributed by atoms with E-state index < -0.39 is 23.4 Å². The van der Waals surface area contributed by atoms with Gasteiger partial charge in [-0.25, -0.2) is 23.5 Å². The van der Waals surface area contributed by atoms with Crippen LogP contribution in [0.1, 0.15) is 21.5 Å². The summed E-state index contributed by atoms with van der Waals surface area (Å²) in [7, 11) is 3.83. The third-order valence-electron chi connectivity index (χ3n) is 7.37. The molecule has 6 rings (SSSR count). The van der Waals surface area contributed by atoms with Crippen LogP contribution >= 0.6 is 0 Å². The van der Waals surface area contributed by atoms with Crippen molar-refractivity contribution < 1.29 is 27.8 Å². The van der Waals surface area contributed by atoms with Gasteiger partial charge in [-0.2, -0.15) is 4.98 Å². The third-order valence-corrected chi connectivity index (χ3v) is 7.37. The van der Waals surface area contributed by atoms with Crippen LogP contribution in [0.5, 0.6) is 11.5 Å². The molecule has 13 heteroatoms. The highest BCUT2D eigenvalue weighted by Gasteiger charge is 2.34. The Balaban J connectivity index is 1.42. The average Bonchev–Trinajstić information content (AvgIpc) is 3.01. The number of hydrogen-bond donors (Lipinski definition) is 3. The van der Waals surface area contributed by atoms with Crippen molar-refractivity contribution in [1.82, 2.24) is 20.2 Å². The number of amides is 3. The molecule has 0 atom stereocenters. The number of aromatic nitrogens is 2. The van der Waals surface area contributed by atoms with Gasteiger partial charge in [-0.1, -0.05) is 12.1 Å². The minimum atomic E-state index is -0.922. The lowest BCUT2D eigenvalue weighted by atomic mass is 9.97. The van der Waals surface area contributed by atoms with E-state index in [1.54, 1.807) is 36.4 Å². The molecule has 3 aromatic carbocycles. The molecule has 45 heavy (non-hydrogen) atoms. The van der Waals surface area contributed by atoms with Gasteiger partial charge in [0.25, 0.3) is 5.91 Å². The number of likely N-dealkylation sites (N-methyl/N-ethyl adjacent to an activating group) is 1. The number of aryl methyl sites for hydroxylation is 1. The van der Waals surface area contributed by atoms with Crippen molar-refractivity contribution in [3.8, 4) is 22.8 Å². The SMILES string of the molecule is Cc1ccc(C(=O)Nc2ccc3c(c2)OCCO3)cc1-c1nc(NCCN(C)C)nc2c1CNC(=O)N2c1c(F)cccc1F. The minimum absolute atomic E-state index is 0.00110. The number of nitrogens with one attached hydrogen (secondary N) is 3. The molecule has 0 spiro atoms. The highest BCUT2D eigenvalue weighted by molar-refractivity contribution is 6.06. The van der Waals surface area contributed by atoms with Gasteiger partial charge in [0.15, 0.2) is 17.3 Å². The number of carbonyl (C=O) groups excluding carboxylic acids is 2. The van der Waals surface area contributed by atoms with Crippen molar-refractivity contribution in [1.29, 1.82) is 0 Å². The predicted octanol–water partition coefficient (Wildman–Crippen LogP) is 5.09. The normalized spacial score (nSPS) is 13.7. The summed E-state index contributed by atoms with van der Waals surface area (Å²) in [5.41, 5.74) is 2.53. The van der Waals surface area contributed by atoms with Crippen LogP contribution in [0.4, 0.5) is 36.7 Å². The summed E-state index contributed by atoms with van der Waals surface area (Å²) in [5, 5.41) is 8.74. The molecule has 3 amide bonds. The molecule has 11 nitrogen and oxygen atoms in total. The summed E-state index contributed by atoms with van der Waals surface area (Å²) in [6, 6.07) is 13.0. The van der Waals surface area contributed by atoms with E-state index in [0.29, 0.717) is 65.9 Å². The molecule has 0 radical (unpaired) electrons. The molecule has 2 aliphatic heterocycles. The standard InChI is InChI=1S/C32H31F2N7O4/c1-18-7-8-19(30(42)37-20-9-10-25-26(16-20)45-14-13-44-25)15-21(18)27-22-17-36-32(43)41(28-23(33)5-4-6-24(28)34)29(22)39-31(38-27)35-11-12-40(2)3/h4-10,15-16H,11-14,17H2,1-3H3,(H,36,43)(H,37,42)(H,35,38,39). The smallest absolute Gasteiger partial charge is 0.328 e. The summed E-state index contributed by atoms with van der Waals surface area (Å²) in [6.45, 7) is 3.85. The van der Waals surface area contributed by atoms with Crippen LogP contribution in [-0.4, -0.2) is 67.2 Å². The first-order valence-corrected chi connectivity index (χ1v) is 14.3. The number of benzene rings is 3. The second kappa shape index (κ2) is 12.4. The molecule has 3 heterocycles. The molecule has 0 bridgehead atoms. The maximum atomic E-state index is 15.0. The predicted molar refractivity (Wildman–Crippen MR) is 165 cm³/mol. The molecule has 0 fully saturated rings. The first-order chi connectivity index (χ1) is 21.7. The maximum Gasteiger partial charge on any atom is 0.328 e. The van der Waals surface area contributed by atoms with Crippen LogP contribution < -0.4 is 30.3 Å². The zero-order valence-electron chi connectivity index (χ0n) is 24.9. The van der Waals surface area contributed by atoms with Crippen LogP contribution in [-0.2, 0) is 6.54 Å². The largest absolute Gasteiger partial charge is 0.486 e. The van der Waals surface area contributed by atoms with E-state index in [0.717, 1.165) is 22.6 Å². The summed E-state index contributed by atoms with van der Waals surface area (Å²) in [5.74, 6) is -0.870. The molecule has 0 saturated heterocycles.